The van der Waals surface area contributed by atoms with E-state index >= 15 is 0 Å². The third-order valence-electron chi connectivity index (χ3n) is 3.85. The van der Waals surface area contributed by atoms with Crippen LogP contribution < -0.4 is 0 Å². The molecule has 0 aromatic rings. The number of rotatable bonds is 4. The van der Waals surface area contributed by atoms with Gasteiger partial charge in [-0.3, -0.25) is 9.59 Å². The minimum atomic E-state index is -0.401. The van der Waals surface area contributed by atoms with Crippen molar-refractivity contribution in [2.24, 2.45) is 0 Å². The zero-order valence-electron chi connectivity index (χ0n) is 12.1. The molecule has 0 spiro atoms. The highest BCUT2D eigenvalue weighted by molar-refractivity contribution is 5.95. The topological polar surface area (TPSA) is 49.9 Å². The van der Waals surface area contributed by atoms with Crippen LogP contribution in [0.5, 0.6) is 0 Å². The van der Waals surface area contributed by atoms with E-state index in [9.17, 15) is 9.59 Å². The van der Waals surface area contributed by atoms with Crippen molar-refractivity contribution in [2.75, 3.05) is 26.2 Å². The lowest BCUT2D eigenvalue weighted by atomic mass is 9.97. The SMILES string of the molecule is CCOC(C)(C)CN1CC(=O)N2CCCCC2C1=O. The molecule has 19 heavy (non-hydrogen) atoms. The highest BCUT2D eigenvalue weighted by Gasteiger charge is 2.41. The summed E-state index contributed by atoms with van der Waals surface area (Å²) in [6.07, 6.45) is 2.85. The Balaban J connectivity index is 2.06. The highest BCUT2D eigenvalue weighted by atomic mass is 16.5. The first kappa shape index (κ1) is 14.3. The summed E-state index contributed by atoms with van der Waals surface area (Å²) in [7, 11) is 0. The van der Waals surface area contributed by atoms with Crippen LogP contribution in [0.25, 0.3) is 0 Å². The Morgan fingerprint density at radius 3 is 2.74 bits per heavy atom. The predicted octanol–water partition coefficient (Wildman–Crippen LogP) is 1.02. The fourth-order valence-electron chi connectivity index (χ4n) is 3.06. The van der Waals surface area contributed by atoms with Gasteiger partial charge in [0.15, 0.2) is 0 Å². The summed E-state index contributed by atoms with van der Waals surface area (Å²) in [5, 5.41) is 0. The van der Waals surface area contributed by atoms with Gasteiger partial charge in [-0.25, -0.2) is 0 Å². The van der Waals surface area contributed by atoms with E-state index in [1.807, 2.05) is 20.8 Å². The molecule has 0 N–H and O–H groups in total. The predicted molar refractivity (Wildman–Crippen MR) is 71.6 cm³/mol. The quantitative estimate of drug-likeness (QED) is 0.765. The second kappa shape index (κ2) is 5.49. The molecule has 108 valence electrons. The van der Waals surface area contributed by atoms with E-state index in [2.05, 4.69) is 0 Å². The van der Waals surface area contributed by atoms with Crippen molar-refractivity contribution in [1.29, 1.82) is 0 Å². The van der Waals surface area contributed by atoms with Crippen LogP contribution in [0.2, 0.25) is 0 Å². The number of amides is 2. The van der Waals surface area contributed by atoms with Gasteiger partial charge in [-0.1, -0.05) is 0 Å². The van der Waals surface area contributed by atoms with Crippen molar-refractivity contribution in [3.05, 3.63) is 0 Å². The standard InChI is InChI=1S/C14H24N2O3/c1-4-19-14(2,3)10-15-9-12(17)16-8-6-5-7-11(16)13(15)18/h11H,4-10H2,1-3H3. The zero-order chi connectivity index (χ0) is 14.0. The number of ether oxygens (including phenoxy) is 1. The molecule has 0 bridgehead atoms. The van der Waals surface area contributed by atoms with Gasteiger partial charge in [-0.15, -0.1) is 0 Å². The number of hydrogen-bond acceptors (Lipinski definition) is 3. The maximum atomic E-state index is 12.5. The number of piperidine rings is 1. The molecule has 2 heterocycles. The normalized spacial score (nSPS) is 24.7. The maximum absolute atomic E-state index is 12.5. The largest absolute Gasteiger partial charge is 0.374 e. The van der Waals surface area contributed by atoms with E-state index < -0.39 is 5.60 Å². The van der Waals surface area contributed by atoms with Crippen molar-refractivity contribution in [3.8, 4) is 0 Å². The van der Waals surface area contributed by atoms with Crippen LogP contribution in [0.3, 0.4) is 0 Å². The number of carbonyl (C=O) groups is 2. The van der Waals surface area contributed by atoms with Crippen molar-refractivity contribution in [3.63, 3.8) is 0 Å². The van der Waals surface area contributed by atoms with Gasteiger partial charge in [0, 0.05) is 19.7 Å². The Hall–Kier alpha value is -1.10. The van der Waals surface area contributed by atoms with E-state index in [0.29, 0.717) is 13.2 Å². The Morgan fingerprint density at radius 2 is 2.05 bits per heavy atom. The summed E-state index contributed by atoms with van der Waals surface area (Å²) >= 11 is 0. The molecule has 0 aromatic carbocycles. The molecule has 0 saturated carbocycles. The number of carbonyl (C=O) groups excluding carboxylic acids is 2. The molecule has 1 atom stereocenters. The molecule has 2 rings (SSSR count). The highest BCUT2D eigenvalue weighted by Crippen LogP contribution is 2.24. The van der Waals surface area contributed by atoms with Crippen molar-refractivity contribution >= 4 is 11.8 Å². The van der Waals surface area contributed by atoms with Gasteiger partial charge in [-0.05, 0) is 40.0 Å². The molecule has 0 radical (unpaired) electrons. The third kappa shape index (κ3) is 3.08. The van der Waals surface area contributed by atoms with Gasteiger partial charge >= 0.3 is 0 Å². The Bertz CT molecular complexity index is 368. The summed E-state index contributed by atoms with van der Waals surface area (Å²) in [5.74, 6) is 0.170. The molecule has 2 fully saturated rings. The van der Waals surface area contributed by atoms with E-state index in [1.54, 1.807) is 9.80 Å². The fourth-order valence-corrected chi connectivity index (χ4v) is 3.06. The molecular weight excluding hydrogens is 244 g/mol. The number of fused-ring (bicyclic) bond motifs is 1. The summed E-state index contributed by atoms with van der Waals surface area (Å²) in [5.41, 5.74) is -0.401. The lowest BCUT2D eigenvalue weighted by Gasteiger charge is -2.44. The molecule has 0 aliphatic carbocycles. The molecule has 5 heteroatoms. The average molecular weight is 268 g/mol. The first-order valence-electron chi connectivity index (χ1n) is 7.17. The van der Waals surface area contributed by atoms with Gasteiger partial charge in [0.2, 0.25) is 11.8 Å². The maximum Gasteiger partial charge on any atom is 0.245 e. The fraction of sp³-hybridized carbons (Fsp3) is 0.857. The summed E-state index contributed by atoms with van der Waals surface area (Å²) < 4.78 is 5.63. The third-order valence-corrected chi connectivity index (χ3v) is 3.85. The first-order chi connectivity index (χ1) is 8.94. The second-order valence-electron chi connectivity index (χ2n) is 5.99. The van der Waals surface area contributed by atoms with E-state index in [1.165, 1.54) is 0 Å². The Kier molecular flexibility index (Phi) is 4.13. The minimum absolute atomic E-state index is 0.0802. The van der Waals surface area contributed by atoms with E-state index in [-0.39, 0.29) is 24.4 Å². The van der Waals surface area contributed by atoms with Crippen LogP contribution >= 0.6 is 0 Å². The van der Waals surface area contributed by atoms with E-state index in [4.69, 9.17) is 4.74 Å². The average Bonchev–Trinajstić information content (AvgIpc) is 2.35. The second-order valence-corrected chi connectivity index (χ2v) is 5.99. The summed E-state index contributed by atoms with van der Waals surface area (Å²) in [4.78, 5) is 28.0. The number of piperazine rings is 1. The van der Waals surface area contributed by atoms with Gasteiger partial charge in [0.05, 0.1) is 12.1 Å². The molecule has 2 amide bonds. The Labute approximate surface area is 114 Å². The van der Waals surface area contributed by atoms with Gasteiger partial charge in [0.1, 0.15) is 6.04 Å². The molecule has 2 aliphatic heterocycles. The minimum Gasteiger partial charge on any atom is -0.374 e. The molecule has 5 nitrogen and oxygen atoms in total. The molecule has 2 aliphatic rings. The number of hydrogen-bond donors (Lipinski definition) is 0. The van der Waals surface area contributed by atoms with Crippen molar-refractivity contribution in [1.82, 2.24) is 9.80 Å². The van der Waals surface area contributed by atoms with Crippen LogP contribution in [0.1, 0.15) is 40.0 Å². The van der Waals surface area contributed by atoms with Gasteiger partial charge in [0.25, 0.3) is 0 Å². The van der Waals surface area contributed by atoms with Crippen LogP contribution in [-0.2, 0) is 14.3 Å². The lowest BCUT2D eigenvalue weighted by Crippen LogP contribution is -2.63. The molecular formula is C14H24N2O3. The molecule has 2 saturated heterocycles. The lowest BCUT2D eigenvalue weighted by molar-refractivity contribution is -0.161. The zero-order valence-corrected chi connectivity index (χ0v) is 12.1. The van der Waals surface area contributed by atoms with Crippen LogP contribution in [0.4, 0.5) is 0 Å². The first-order valence-corrected chi connectivity index (χ1v) is 7.17. The van der Waals surface area contributed by atoms with Gasteiger partial charge in [-0.2, -0.15) is 0 Å². The number of nitrogens with zero attached hydrogens (tertiary/aromatic N) is 2. The smallest absolute Gasteiger partial charge is 0.245 e. The molecule has 0 aromatic heterocycles. The Morgan fingerprint density at radius 1 is 1.32 bits per heavy atom. The van der Waals surface area contributed by atoms with E-state index in [0.717, 1.165) is 25.8 Å². The molecule has 1 unspecified atom stereocenters. The summed E-state index contributed by atoms with van der Waals surface area (Å²) in [6, 6.07) is -0.229. The van der Waals surface area contributed by atoms with Crippen LogP contribution in [-0.4, -0.2) is 59.5 Å². The van der Waals surface area contributed by atoms with Crippen molar-refractivity contribution in [2.45, 2.75) is 51.7 Å². The summed E-state index contributed by atoms with van der Waals surface area (Å²) in [6.45, 7) is 7.88. The van der Waals surface area contributed by atoms with Gasteiger partial charge < -0.3 is 14.5 Å². The van der Waals surface area contributed by atoms with Crippen LogP contribution in [0, 0.1) is 0 Å². The van der Waals surface area contributed by atoms with Crippen LogP contribution in [0.15, 0.2) is 0 Å². The van der Waals surface area contributed by atoms with Crippen molar-refractivity contribution < 1.29 is 14.3 Å². The monoisotopic (exact) mass is 268 g/mol.